The molecule has 4 aromatic rings. The van der Waals surface area contributed by atoms with Gasteiger partial charge in [-0.25, -0.2) is 18.6 Å². The normalized spacial score (nSPS) is 12.2. The van der Waals surface area contributed by atoms with E-state index in [1.54, 1.807) is 24.5 Å². The smallest absolute Gasteiger partial charge is 0.414 e. The SMILES string of the molecule is CC(F)(F)C(OC(=O)NC(=O)c1ccsc1NC(=O)c1nc2ccncc2s1)c1ccccc1. The van der Waals surface area contributed by atoms with Crippen LogP contribution in [0.3, 0.4) is 0 Å². The predicted molar refractivity (Wildman–Crippen MR) is 123 cm³/mol. The molecule has 0 spiro atoms. The molecule has 2 N–H and O–H groups in total. The van der Waals surface area contributed by atoms with E-state index in [0.29, 0.717) is 12.4 Å². The highest BCUT2D eigenvalue weighted by molar-refractivity contribution is 7.20. The molecule has 34 heavy (non-hydrogen) atoms. The Hall–Kier alpha value is -3.77. The number of fused-ring (bicyclic) bond motifs is 1. The summed E-state index contributed by atoms with van der Waals surface area (Å²) in [5.41, 5.74) is 0.655. The van der Waals surface area contributed by atoms with E-state index in [1.165, 1.54) is 35.7 Å². The Kier molecular flexibility index (Phi) is 6.61. The molecular weight excluding hydrogens is 486 g/mol. The van der Waals surface area contributed by atoms with Gasteiger partial charge in [-0.3, -0.25) is 19.9 Å². The van der Waals surface area contributed by atoms with Crippen molar-refractivity contribution in [3.8, 4) is 0 Å². The summed E-state index contributed by atoms with van der Waals surface area (Å²) in [6.45, 7) is 0.615. The molecule has 174 valence electrons. The van der Waals surface area contributed by atoms with Gasteiger partial charge < -0.3 is 10.1 Å². The Morgan fingerprint density at radius 1 is 1.09 bits per heavy atom. The second-order valence-corrected chi connectivity index (χ2v) is 9.03. The van der Waals surface area contributed by atoms with Crippen LogP contribution in [0, 0.1) is 0 Å². The first-order chi connectivity index (χ1) is 16.2. The molecule has 0 aliphatic rings. The van der Waals surface area contributed by atoms with Crippen LogP contribution in [0.15, 0.2) is 60.2 Å². The summed E-state index contributed by atoms with van der Waals surface area (Å²) >= 11 is 2.18. The number of carbonyl (C=O) groups is 3. The molecule has 0 bridgehead atoms. The van der Waals surface area contributed by atoms with Crippen LogP contribution in [-0.4, -0.2) is 33.8 Å². The van der Waals surface area contributed by atoms with Crippen LogP contribution in [0.2, 0.25) is 0 Å². The number of thiophene rings is 1. The molecule has 3 amide bonds. The number of hydrogen-bond donors (Lipinski definition) is 2. The predicted octanol–water partition coefficient (Wildman–Crippen LogP) is 5.27. The number of rotatable bonds is 6. The highest BCUT2D eigenvalue weighted by atomic mass is 32.1. The third-order valence-corrected chi connectivity index (χ3v) is 6.36. The number of imide groups is 1. The number of amides is 3. The van der Waals surface area contributed by atoms with E-state index in [9.17, 15) is 23.2 Å². The van der Waals surface area contributed by atoms with Crippen LogP contribution in [0.25, 0.3) is 10.2 Å². The standard InChI is InChI=1S/C22H16F2N4O4S2/c1-22(23,24)16(12-5-3-2-4-6-12)32-21(31)28-17(29)13-8-10-33-19(13)27-18(30)20-26-14-7-9-25-11-15(14)34-20/h2-11,16H,1H3,(H,27,30)(H,28,29,31). The van der Waals surface area contributed by atoms with Gasteiger partial charge in [0.15, 0.2) is 11.1 Å². The molecule has 1 unspecified atom stereocenters. The average molecular weight is 503 g/mol. The van der Waals surface area contributed by atoms with Gasteiger partial charge in [0, 0.05) is 19.3 Å². The van der Waals surface area contributed by atoms with Crippen molar-refractivity contribution in [3.63, 3.8) is 0 Å². The molecule has 1 atom stereocenters. The van der Waals surface area contributed by atoms with Crippen LogP contribution >= 0.6 is 22.7 Å². The Morgan fingerprint density at radius 3 is 2.56 bits per heavy atom. The summed E-state index contributed by atoms with van der Waals surface area (Å²) in [5.74, 6) is -4.85. The number of pyridine rings is 1. The fraction of sp³-hybridized carbons (Fsp3) is 0.136. The molecule has 0 saturated heterocycles. The molecule has 1 aromatic carbocycles. The van der Waals surface area contributed by atoms with Gasteiger partial charge in [-0.2, -0.15) is 0 Å². The lowest BCUT2D eigenvalue weighted by molar-refractivity contribution is -0.0989. The molecule has 0 aliphatic heterocycles. The number of alkyl halides is 2. The third-order valence-electron chi connectivity index (χ3n) is 4.53. The number of nitrogens with zero attached hydrogens (tertiary/aromatic N) is 2. The number of aromatic nitrogens is 2. The lowest BCUT2D eigenvalue weighted by atomic mass is 10.0. The van der Waals surface area contributed by atoms with E-state index in [0.717, 1.165) is 27.4 Å². The summed E-state index contributed by atoms with van der Waals surface area (Å²) in [6.07, 6.45) is -0.0947. The van der Waals surface area contributed by atoms with E-state index in [4.69, 9.17) is 4.74 Å². The molecule has 0 fully saturated rings. The topological polar surface area (TPSA) is 110 Å². The largest absolute Gasteiger partial charge is 0.435 e. The van der Waals surface area contributed by atoms with E-state index >= 15 is 0 Å². The van der Waals surface area contributed by atoms with Gasteiger partial charge in [-0.15, -0.1) is 22.7 Å². The van der Waals surface area contributed by atoms with Gasteiger partial charge >= 0.3 is 6.09 Å². The van der Waals surface area contributed by atoms with E-state index in [2.05, 4.69) is 15.3 Å². The monoisotopic (exact) mass is 502 g/mol. The minimum Gasteiger partial charge on any atom is -0.435 e. The third kappa shape index (κ3) is 5.24. The number of nitrogens with one attached hydrogen (secondary N) is 2. The Balaban J connectivity index is 1.44. The molecule has 4 rings (SSSR count). The zero-order chi connectivity index (χ0) is 24.3. The summed E-state index contributed by atoms with van der Waals surface area (Å²) in [6, 6.07) is 10.5. The first kappa shape index (κ1) is 23.4. The molecule has 0 aliphatic carbocycles. The molecule has 3 aromatic heterocycles. The van der Waals surface area contributed by atoms with Gasteiger partial charge in [-0.05, 0) is 23.1 Å². The maximum Gasteiger partial charge on any atom is 0.414 e. The number of ether oxygens (including phenoxy) is 1. The first-order valence-corrected chi connectivity index (χ1v) is 11.5. The second-order valence-electron chi connectivity index (χ2n) is 7.09. The second kappa shape index (κ2) is 9.61. The van der Waals surface area contributed by atoms with Crippen LogP contribution in [-0.2, 0) is 4.74 Å². The van der Waals surface area contributed by atoms with Gasteiger partial charge in [0.05, 0.1) is 15.8 Å². The summed E-state index contributed by atoms with van der Waals surface area (Å²) in [7, 11) is 0. The van der Waals surface area contributed by atoms with Gasteiger partial charge in [0.25, 0.3) is 17.7 Å². The number of alkyl carbamates (subject to hydrolysis) is 1. The molecule has 0 radical (unpaired) electrons. The molecular formula is C22H16F2N4O4S2. The fourth-order valence-corrected chi connectivity index (χ4v) is 4.61. The number of halogens is 2. The average Bonchev–Trinajstić information content (AvgIpc) is 3.44. The lowest BCUT2D eigenvalue weighted by Gasteiger charge is -2.24. The zero-order valence-electron chi connectivity index (χ0n) is 17.5. The number of thiazole rings is 1. The highest BCUT2D eigenvalue weighted by Gasteiger charge is 2.39. The maximum atomic E-state index is 14.0. The number of anilines is 1. The molecule has 0 saturated carbocycles. The van der Waals surface area contributed by atoms with Crippen LogP contribution < -0.4 is 10.6 Å². The Morgan fingerprint density at radius 2 is 1.85 bits per heavy atom. The maximum absolute atomic E-state index is 14.0. The van der Waals surface area contributed by atoms with E-state index in [1.807, 2.05) is 5.32 Å². The summed E-state index contributed by atoms with van der Waals surface area (Å²) < 4.78 is 33.7. The lowest BCUT2D eigenvalue weighted by Crippen LogP contribution is -2.36. The van der Waals surface area contributed by atoms with Crippen molar-refractivity contribution < 1.29 is 27.9 Å². The van der Waals surface area contributed by atoms with Gasteiger partial charge in [0.2, 0.25) is 0 Å². The number of benzene rings is 1. The highest BCUT2D eigenvalue weighted by Crippen LogP contribution is 2.34. The van der Waals surface area contributed by atoms with Gasteiger partial charge in [-0.1, -0.05) is 30.3 Å². The van der Waals surface area contributed by atoms with Crippen LogP contribution in [0.1, 0.15) is 38.8 Å². The van der Waals surface area contributed by atoms with Crippen LogP contribution in [0.5, 0.6) is 0 Å². The van der Waals surface area contributed by atoms with Crippen molar-refractivity contribution in [3.05, 3.63) is 76.4 Å². The van der Waals surface area contributed by atoms with Crippen molar-refractivity contribution in [2.45, 2.75) is 19.0 Å². The number of hydrogen-bond acceptors (Lipinski definition) is 8. The summed E-state index contributed by atoms with van der Waals surface area (Å²) in [4.78, 5) is 45.7. The molecule has 3 heterocycles. The number of carbonyl (C=O) groups excluding carboxylic acids is 3. The first-order valence-electron chi connectivity index (χ1n) is 9.76. The van der Waals surface area contributed by atoms with E-state index in [-0.39, 0.29) is 21.1 Å². The fourth-order valence-electron chi connectivity index (χ4n) is 3.01. The van der Waals surface area contributed by atoms with Gasteiger partial charge in [0.1, 0.15) is 5.00 Å². The van der Waals surface area contributed by atoms with Crippen molar-refractivity contribution in [2.75, 3.05) is 5.32 Å². The van der Waals surface area contributed by atoms with Crippen molar-refractivity contribution in [1.82, 2.24) is 15.3 Å². The Bertz CT molecular complexity index is 1320. The van der Waals surface area contributed by atoms with Crippen molar-refractivity contribution in [2.24, 2.45) is 0 Å². The minimum absolute atomic E-state index is 0.0300. The minimum atomic E-state index is -3.39. The Labute approximate surface area is 199 Å². The molecule has 8 nitrogen and oxygen atoms in total. The van der Waals surface area contributed by atoms with Crippen molar-refractivity contribution in [1.29, 1.82) is 0 Å². The van der Waals surface area contributed by atoms with Crippen LogP contribution in [0.4, 0.5) is 18.6 Å². The summed E-state index contributed by atoms with van der Waals surface area (Å²) in [5, 5.41) is 6.38. The molecule has 12 heteroatoms. The van der Waals surface area contributed by atoms with Crippen molar-refractivity contribution >= 4 is 55.8 Å². The quantitative estimate of drug-likeness (QED) is 0.372. The zero-order valence-corrected chi connectivity index (χ0v) is 19.1. The van der Waals surface area contributed by atoms with E-state index < -0.39 is 29.9 Å².